The second-order valence-electron chi connectivity index (χ2n) is 8.63. The summed E-state index contributed by atoms with van der Waals surface area (Å²) in [5.74, 6) is -0.725. The molecule has 6 heteroatoms. The number of benzene rings is 2. The van der Waals surface area contributed by atoms with Gasteiger partial charge in [-0.3, -0.25) is 0 Å². The molecule has 0 saturated heterocycles. The first-order chi connectivity index (χ1) is 15.3. The summed E-state index contributed by atoms with van der Waals surface area (Å²) in [6.07, 6.45) is 5.57. The Labute approximate surface area is 192 Å². The first-order valence-electron chi connectivity index (χ1n) is 11.3. The number of ether oxygens (including phenoxy) is 1. The molecule has 0 aliphatic carbocycles. The van der Waals surface area contributed by atoms with E-state index in [9.17, 15) is 17.6 Å². The minimum atomic E-state index is -3.80. The van der Waals surface area contributed by atoms with Crippen molar-refractivity contribution in [2.75, 3.05) is 12.9 Å². The van der Waals surface area contributed by atoms with Crippen LogP contribution in [0.5, 0.6) is 0 Å². The van der Waals surface area contributed by atoms with Crippen molar-refractivity contribution in [2.24, 2.45) is 5.41 Å². The van der Waals surface area contributed by atoms with E-state index in [1.165, 1.54) is 18.2 Å². The molecule has 0 saturated carbocycles. The van der Waals surface area contributed by atoms with Crippen molar-refractivity contribution in [2.45, 2.75) is 70.3 Å². The summed E-state index contributed by atoms with van der Waals surface area (Å²) in [6, 6.07) is 11.4. The molecule has 0 radical (unpaired) electrons. The molecule has 0 fully saturated rings. The van der Waals surface area contributed by atoms with Crippen molar-refractivity contribution in [3.8, 4) is 0 Å². The van der Waals surface area contributed by atoms with Crippen LogP contribution in [0, 0.1) is 11.2 Å². The summed E-state index contributed by atoms with van der Waals surface area (Å²) >= 11 is 0. The van der Waals surface area contributed by atoms with Crippen molar-refractivity contribution < 1.29 is 22.3 Å². The molecular formula is C26H35FO4S. The molecule has 4 nitrogen and oxygen atoms in total. The van der Waals surface area contributed by atoms with Gasteiger partial charge in [0.25, 0.3) is 0 Å². The van der Waals surface area contributed by atoms with Gasteiger partial charge in [-0.1, -0.05) is 63.8 Å². The fourth-order valence-electron chi connectivity index (χ4n) is 4.14. The summed E-state index contributed by atoms with van der Waals surface area (Å²) in [7, 11) is -2.19. The standard InChI is InChI=1S/C26H35FO4S/c1-4-6-13-26(19-28,14-7-5-2)20-32(29,30)25-12-11-24(27)17-23(25)16-21-9-8-10-22(15-21)18-31-3/h8-12,15,17,19H,4-7,13-14,16,18,20H2,1-3H3. The van der Waals surface area contributed by atoms with Crippen LogP contribution in [0.15, 0.2) is 47.4 Å². The Kier molecular flexibility index (Phi) is 10.0. The number of hydrogen-bond donors (Lipinski definition) is 0. The number of rotatable bonds is 14. The zero-order valence-electron chi connectivity index (χ0n) is 19.4. The van der Waals surface area contributed by atoms with E-state index in [2.05, 4.69) is 0 Å². The van der Waals surface area contributed by atoms with Gasteiger partial charge >= 0.3 is 0 Å². The Morgan fingerprint density at radius 2 is 1.66 bits per heavy atom. The lowest BCUT2D eigenvalue weighted by atomic mass is 9.81. The number of methoxy groups -OCH3 is 1. The number of aldehydes is 1. The van der Waals surface area contributed by atoms with Gasteiger partial charge in [-0.2, -0.15) is 0 Å². The molecule has 0 N–H and O–H groups in total. The molecule has 0 unspecified atom stereocenters. The Morgan fingerprint density at radius 1 is 1.00 bits per heavy atom. The molecule has 2 aromatic rings. The molecule has 2 rings (SSSR count). The second-order valence-corrected chi connectivity index (χ2v) is 10.6. The first kappa shape index (κ1) is 26.2. The number of unbranched alkanes of at least 4 members (excludes halogenated alkanes) is 2. The largest absolute Gasteiger partial charge is 0.380 e. The fourth-order valence-corrected chi connectivity index (χ4v) is 6.22. The van der Waals surface area contributed by atoms with Crippen LogP contribution in [0.3, 0.4) is 0 Å². The molecule has 0 bridgehead atoms. The van der Waals surface area contributed by atoms with E-state index in [1.807, 2.05) is 38.1 Å². The van der Waals surface area contributed by atoms with Crippen LogP contribution in [0.25, 0.3) is 0 Å². The number of halogens is 1. The van der Waals surface area contributed by atoms with E-state index in [0.29, 0.717) is 25.0 Å². The first-order valence-corrected chi connectivity index (χ1v) is 13.0. The Bertz CT molecular complexity index is 977. The monoisotopic (exact) mass is 462 g/mol. The van der Waals surface area contributed by atoms with Gasteiger partial charge in [0.05, 0.1) is 17.3 Å². The highest BCUT2D eigenvalue weighted by Crippen LogP contribution is 2.34. The van der Waals surface area contributed by atoms with Gasteiger partial charge in [-0.15, -0.1) is 0 Å². The third-order valence-corrected chi connectivity index (χ3v) is 7.86. The third kappa shape index (κ3) is 7.24. The highest BCUT2D eigenvalue weighted by atomic mass is 32.2. The van der Waals surface area contributed by atoms with Crippen LogP contribution in [0.1, 0.15) is 69.1 Å². The molecule has 0 aromatic heterocycles. The lowest BCUT2D eigenvalue weighted by molar-refractivity contribution is -0.116. The molecular weight excluding hydrogens is 427 g/mol. The number of hydrogen-bond acceptors (Lipinski definition) is 4. The Morgan fingerprint density at radius 3 is 2.25 bits per heavy atom. The summed E-state index contributed by atoms with van der Waals surface area (Å²) in [6.45, 7) is 4.50. The summed E-state index contributed by atoms with van der Waals surface area (Å²) in [5, 5.41) is 0. The van der Waals surface area contributed by atoms with E-state index < -0.39 is 21.1 Å². The van der Waals surface area contributed by atoms with E-state index >= 15 is 0 Å². The molecule has 0 atom stereocenters. The maximum Gasteiger partial charge on any atom is 0.179 e. The van der Waals surface area contributed by atoms with E-state index in [1.54, 1.807) is 7.11 Å². The molecule has 0 amide bonds. The lowest BCUT2D eigenvalue weighted by Crippen LogP contribution is -2.32. The highest BCUT2D eigenvalue weighted by molar-refractivity contribution is 7.91. The summed E-state index contributed by atoms with van der Waals surface area (Å²) in [4.78, 5) is 12.2. The molecule has 0 heterocycles. The van der Waals surface area contributed by atoms with Crippen LogP contribution in [0.4, 0.5) is 4.39 Å². The average molecular weight is 463 g/mol. The van der Waals surface area contributed by atoms with Crippen molar-refractivity contribution in [3.05, 3.63) is 65.0 Å². The molecule has 32 heavy (non-hydrogen) atoms. The van der Waals surface area contributed by atoms with E-state index in [4.69, 9.17) is 4.74 Å². The van der Waals surface area contributed by atoms with Crippen molar-refractivity contribution >= 4 is 16.1 Å². The van der Waals surface area contributed by atoms with Crippen LogP contribution in [-0.2, 0) is 32.4 Å². The molecule has 0 spiro atoms. The molecule has 2 aromatic carbocycles. The minimum Gasteiger partial charge on any atom is -0.380 e. The fraction of sp³-hybridized carbons (Fsp3) is 0.500. The average Bonchev–Trinajstić information content (AvgIpc) is 2.76. The van der Waals surface area contributed by atoms with Crippen LogP contribution in [-0.4, -0.2) is 27.6 Å². The van der Waals surface area contributed by atoms with Crippen LogP contribution in [0.2, 0.25) is 0 Å². The third-order valence-electron chi connectivity index (χ3n) is 5.84. The van der Waals surface area contributed by atoms with Crippen molar-refractivity contribution in [1.29, 1.82) is 0 Å². The van der Waals surface area contributed by atoms with Gasteiger partial charge in [0.2, 0.25) is 0 Å². The second kappa shape index (κ2) is 12.3. The minimum absolute atomic E-state index is 0.107. The SMILES string of the molecule is CCCCC(C=O)(CCCC)CS(=O)(=O)c1ccc(F)cc1Cc1cccc(COC)c1. The Balaban J connectivity index is 2.42. The van der Waals surface area contributed by atoms with Gasteiger partial charge < -0.3 is 9.53 Å². The maximum absolute atomic E-state index is 14.1. The van der Waals surface area contributed by atoms with Gasteiger partial charge in [-0.05, 0) is 54.2 Å². The topological polar surface area (TPSA) is 60.4 Å². The zero-order chi connectivity index (χ0) is 23.6. The van der Waals surface area contributed by atoms with E-state index in [0.717, 1.165) is 43.1 Å². The van der Waals surface area contributed by atoms with Gasteiger partial charge in [0.15, 0.2) is 9.84 Å². The van der Waals surface area contributed by atoms with Crippen LogP contribution < -0.4 is 0 Å². The zero-order valence-corrected chi connectivity index (χ0v) is 20.2. The van der Waals surface area contributed by atoms with E-state index in [-0.39, 0.29) is 17.1 Å². The normalized spacial score (nSPS) is 12.1. The summed E-state index contributed by atoms with van der Waals surface area (Å²) in [5.41, 5.74) is 1.34. The quantitative estimate of drug-likeness (QED) is 0.259. The molecule has 0 aliphatic heterocycles. The maximum atomic E-state index is 14.1. The summed E-state index contributed by atoms with van der Waals surface area (Å²) < 4.78 is 46.3. The lowest BCUT2D eigenvalue weighted by Gasteiger charge is -2.28. The van der Waals surface area contributed by atoms with Crippen LogP contribution >= 0.6 is 0 Å². The molecule has 0 aliphatic rings. The van der Waals surface area contributed by atoms with Gasteiger partial charge in [-0.25, -0.2) is 12.8 Å². The highest BCUT2D eigenvalue weighted by Gasteiger charge is 2.36. The van der Waals surface area contributed by atoms with Gasteiger partial charge in [0, 0.05) is 12.5 Å². The number of sulfone groups is 1. The Hall–Kier alpha value is -2.05. The smallest absolute Gasteiger partial charge is 0.179 e. The van der Waals surface area contributed by atoms with Gasteiger partial charge in [0.1, 0.15) is 12.1 Å². The predicted molar refractivity (Wildman–Crippen MR) is 126 cm³/mol. The van der Waals surface area contributed by atoms with Crippen molar-refractivity contribution in [3.63, 3.8) is 0 Å². The predicted octanol–water partition coefficient (Wildman–Crippen LogP) is 5.90. The molecule has 176 valence electrons. The number of carbonyl (C=O) groups is 1. The van der Waals surface area contributed by atoms with Crippen molar-refractivity contribution in [1.82, 2.24) is 0 Å². The number of carbonyl (C=O) groups excluding carboxylic acids is 1.